The summed E-state index contributed by atoms with van der Waals surface area (Å²) in [5, 5.41) is 3.11. The summed E-state index contributed by atoms with van der Waals surface area (Å²) in [5.74, 6) is 0.263. The van der Waals surface area contributed by atoms with Crippen LogP contribution in [0.15, 0.2) is 45.8 Å². The SMILES string of the molecule is Cc1cc(C(=O)N2CC[C@@H](S(=O)(=O)c3ccccc3)C2)no1. The molecule has 2 heterocycles. The molecule has 1 aromatic carbocycles. The van der Waals surface area contributed by atoms with E-state index in [9.17, 15) is 13.2 Å². The number of nitrogens with zero attached hydrogens (tertiary/aromatic N) is 2. The predicted octanol–water partition coefficient (Wildman–Crippen LogP) is 1.67. The fourth-order valence-corrected chi connectivity index (χ4v) is 4.31. The zero-order chi connectivity index (χ0) is 15.7. The molecule has 0 unspecified atom stereocenters. The monoisotopic (exact) mass is 320 g/mol. The van der Waals surface area contributed by atoms with Crippen molar-refractivity contribution < 1.29 is 17.7 Å². The number of rotatable bonds is 3. The Labute approximate surface area is 128 Å². The first-order chi connectivity index (χ1) is 10.5. The van der Waals surface area contributed by atoms with Crippen LogP contribution in [-0.2, 0) is 9.84 Å². The first kappa shape index (κ1) is 14.8. The molecule has 1 aliphatic heterocycles. The molecule has 0 aliphatic carbocycles. The van der Waals surface area contributed by atoms with Gasteiger partial charge in [-0.05, 0) is 25.5 Å². The Hall–Kier alpha value is -2.15. The molecule has 1 atom stereocenters. The van der Waals surface area contributed by atoms with E-state index in [1.165, 1.54) is 4.90 Å². The van der Waals surface area contributed by atoms with Crippen molar-refractivity contribution in [3.63, 3.8) is 0 Å². The number of sulfone groups is 1. The van der Waals surface area contributed by atoms with Crippen LogP contribution >= 0.6 is 0 Å². The van der Waals surface area contributed by atoms with E-state index in [0.717, 1.165) is 0 Å². The topological polar surface area (TPSA) is 80.5 Å². The molecule has 3 rings (SSSR count). The molecule has 1 aromatic heterocycles. The Morgan fingerprint density at radius 1 is 1.32 bits per heavy atom. The maximum Gasteiger partial charge on any atom is 0.276 e. The van der Waals surface area contributed by atoms with Crippen LogP contribution in [-0.4, -0.2) is 42.7 Å². The molecule has 0 bridgehead atoms. The van der Waals surface area contributed by atoms with Crippen molar-refractivity contribution in [2.24, 2.45) is 0 Å². The molecule has 0 radical (unpaired) electrons. The molecule has 6 nitrogen and oxygen atoms in total. The summed E-state index contributed by atoms with van der Waals surface area (Å²) in [5.41, 5.74) is 0.218. The molecule has 0 spiro atoms. The van der Waals surface area contributed by atoms with Crippen LogP contribution in [0.4, 0.5) is 0 Å². The summed E-state index contributed by atoms with van der Waals surface area (Å²) in [7, 11) is -3.42. The van der Waals surface area contributed by atoms with Crippen LogP contribution < -0.4 is 0 Å². The van der Waals surface area contributed by atoms with Crippen LogP contribution in [0.25, 0.3) is 0 Å². The van der Waals surface area contributed by atoms with Gasteiger partial charge in [0.1, 0.15) is 5.76 Å². The third-order valence-electron chi connectivity index (χ3n) is 3.79. The summed E-state index contributed by atoms with van der Waals surface area (Å²) in [6, 6.07) is 9.89. The molecule has 2 aromatic rings. The second-order valence-corrected chi connectivity index (χ2v) is 7.57. The fraction of sp³-hybridized carbons (Fsp3) is 0.333. The molecule has 1 amide bonds. The molecule has 1 fully saturated rings. The number of hydrogen-bond donors (Lipinski definition) is 0. The van der Waals surface area contributed by atoms with Gasteiger partial charge in [0.05, 0.1) is 10.1 Å². The minimum atomic E-state index is -3.42. The molecule has 1 aliphatic rings. The minimum absolute atomic E-state index is 0.183. The fourth-order valence-electron chi connectivity index (χ4n) is 2.60. The zero-order valence-corrected chi connectivity index (χ0v) is 12.9. The number of aryl methyl sites for hydroxylation is 1. The number of aromatic nitrogens is 1. The quantitative estimate of drug-likeness (QED) is 0.859. The third-order valence-corrected chi connectivity index (χ3v) is 5.98. The summed E-state index contributed by atoms with van der Waals surface area (Å²) < 4.78 is 30.0. The number of amides is 1. The standard InChI is InChI=1S/C15H16N2O4S/c1-11-9-14(16-21-11)15(18)17-8-7-13(10-17)22(19,20)12-5-3-2-4-6-12/h2-6,9,13H,7-8,10H2,1H3/t13-/m1/s1. The van der Waals surface area contributed by atoms with Gasteiger partial charge in [-0.25, -0.2) is 8.42 Å². The number of benzene rings is 1. The second kappa shape index (κ2) is 5.57. The average Bonchev–Trinajstić information content (AvgIpc) is 3.17. The van der Waals surface area contributed by atoms with Gasteiger partial charge in [0.25, 0.3) is 5.91 Å². The van der Waals surface area contributed by atoms with Crippen LogP contribution in [0.5, 0.6) is 0 Å². The van der Waals surface area contributed by atoms with Gasteiger partial charge < -0.3 is 9.42 Å². The highest BCUT2D eigenvalue weighted by atomic mass is 32.2. The lowest BCUT2D eigenvalue weighted by molar-refractivity contribution is 0.0783. The first-order valence-corrected chi connectivity index (χ1v) is 8.54. The highest BCUT2D eigenvalue weighted by molar-refractivity contribution is 7.92. The molecule has 7 heteroatoms. The van der Waals surface area contributed by atoms with Crippen molar-refractivity contribution in [2.45, 2.75) is 23.5 Å². The van der Waals surface area contributed by atoms with E-state index < -0.39 is 15.1 Å². The number of carbonyl (C=O) groups is 1. The smallest absolute Gasteiger partial charge is 0.276 e. The number of likely N-dealkylation sites (tertiary alicyclic amines) is 1. The lowest BCUT2D eigenvalue weighted by Gasteiger charge is -2.15. The number of carbonyl (C=O) groups excluding carboxylic acids is 1. The van der Waals surface area contributed by atoms with Crippen molar-refractivity contribution >= 4 is 15.7 Å². The van der Waals surface area contributed by atoms with Crippen molar-refractivity contribution in [1.29, 1.82) is 0 Å². The molecule has 1 saturated heterocycles. The van der Waals surface area contributed by atoms with Crippen LogP contribution in [0.2, 0.25) is 0 Å². The van der Waals surface area contributed by atoms with Gasteiger partial charge in [-0.1, -0.05) is 23.4 Å². The maximum atomic E-state index is 12.6. The Bertz CT molecular complexity index is 783. The van der Waals surface area contributed by atoms with E-state index in [-0.39, 0.29) is 18.1 Å². The summed E-state index contributed by atoms with van der Waals surface area (Å²) in [6.07, 6.45) is 0.430. The third kappa shape index (κ3) is 2.64. The van der Waals surface area contributed by atoms with Crippen LogP contribution in [0.1, 0.15) is 22.7 Å². The van der Waals surface area contributed by atoms with Gasteiger partial charge in [0.15, 0.2) is 15.5 Å². The highest BCUT2D eigenvalue weighted by Gasteiger charge is 2.36. The lowest BCUT2D eigenvalue weighted by Crippen LogP contribution is -2.32. The van der Waals surface area contributed by atoms with Crippen molar-refractivity contribution in [1.82, 2.24) is 10.1 Å². The van der Waals surface area contributed by atoms with Gasteiger partial charge in [-0.15, -0.1) is 0 Å². The zero-order valence-electron chi connectivity index (χ0n) is 12.1. The van der Waals surface area contributed by atoms with E-state index >= 15 is 0 Å². The van der Waals surface area contributed by atoms with Gasteiger partial charge in [0.2, 0.25) is 0 Å². The van der Waals surface area contributed by atoms with Crippen LogP contribution in [0.3, 0.4) is 0 Å². The molecule has 0 saturated carbocycles. The van der Waals surface area contributed by atoms with E-state index in [1.807, 2.05) is 0 Å². The van der Waals surface area contributed by atoms with Gasteiger partial charge in [0, 0.05) is 19.2 Å². The number of hydrogen-bond acceptors (Lipinski definition) is 5. The van der Waals surface area contributed by atoms with Crippen molar-refractivity contribution in [3.8, 4) is 0 Å². The van der Waals surface area contributed by atoms with E-state index in [4.69, 9.17) is 4.52 Å². The highest BCUT2D eigenvalue weighted by Crippen LogP contribution is 2.24. The Morgan fingerprint density at radius 2 is 2.05 bits per heavy atom. The molecular weight excluding hydrogens is 304 g/mol. The molecule has 0 N–H and O–H groups in total. The largest absolute Gasteiger partial charge is 0.361 e. The Kier molecular flexibility index (Phi) is 3.74. The van der Waals surface area contributed by atoms with Crippen molar-refractivity contribution in [3.05, 3.63) is 47.9 Å². The normalized spacial score (nSPS) is 18.6. The van der Waals surface area contributed by atoms with E-state index in [1.54, 1.807) is 43.3 Å². The molecule has 116 valence electrons. The van der Waals surface area contributed by atoms with E-state index in [0.29, 0.717) is 23.6 Å². The second-order valence-electron chi connectivity index (χ2n) is 5.34. The van der Waals surface area contributed by atoms with Gasteiger partial charge >= 0.3 is 0 Å². The summed E-state index contributed by atoms with van der Waals surface area (Å²) in [6.45, 7) is 2.29. The van der Waals surface area contributed by atoms with Crippen LogP contribution in [0, 0.1) is 6.92 Å². The molecular formula is C15H16N2O4S. The minimum Gasteiger partial charge on any atom is -0.361 e. The Morgan fingerprint density at radius 3 is 2.68 bits per heavy atom. The van der Waals surface area contributed by atoms with Crippen molar-refractivity contribution in [2.75, 3.05) is 13.1 Å². The van der Waals surface area contributed by atoms with E-state index in [2.05, 4.69) is 5.16 Å². The molecule has 22 heavy (non-hydrogen) atoms. The average molecular weight is 320 g/mol. The van der Waals surface area contributed by atoms with Gasteiger partial charge in [-0.3, -0.25) is 4.79 Å². The Balaban J connectivity index is 1.76. The summed E-state index contributed by atoms with van der Waals surface area (Å²) in [4.78, 5) is 14.1. The first-order valence-electron chi connectivity index (χ1n) is 7.00. The van der Waals surface area contributed by atoms with Gasteiger partial charge in [-0.2, -0.15) is 0 Å². The predicted molar refractivity (Wildman–Crippen MR) is 79.2 cm³/mol. The summed E-state index contributed by atoms with van der Waals surface area (Å²) >= 11 is 0. The maximum absolute atomic E-state index is 12.6. The lowest BCUT2D eigenvalue weighted by atomic mass is 10.3.